The quantitative estimate of drug-likeness (QED) is 0.362. The number of carbonyl (C=O) groups is 2. The summed E-state index contributed by atoms with van der Waals surface area (Å²) in [5.74, 6) is -0.0360. The fraction of sp³-hybridized carbons (Fsp3) is 0.0909. The van der Waals surface area contributed by atoms with Gasteiger partial charge in [0.1, 0.15) is 0 Å². The minimum Gasteiger partial charge on any atom is -0.504 e. The van der Waals surface area contributed by atoms with Crippen LogP contribution in [0.25, 0.3) is 0 Å². The first-order chi connectivity index (χ1) is 9.93. The number of ether oxygens (including phenoxy) is 1. The maximum Gasteiger partial charge on any atom is 0.332 e. The van der Waals surface area contributed by atoms with Crippen molar-refractivity contribution < 1.29 is 19.4 Å². The molecule has 0 aliphatic carbocycles. The molecule has 0 bridgehead atoms. The number of benzene rings is 1. The normalized spacial score (nSPS) is 10.7. The number of carbonyl (C=O) groups excluding carboxylic acids is 2. The second-order valence-electron chi connectivity index (χ2n) is 3.63. The minimum atomic E-state index is -0.846. The van der Waals surface area contributed by atoms with Gasteiger partial charge in [0.05, 0.1) is 19.5 Å². The summed E-state index contributed by atoms with van der Waals surface area (Å²) < 4.78 is 4.98. The molecule has 7 N–H and O–H groups in total. The number of hydrogen-bond acceptors (Lipinski definition) is 6. The number of nitrogens with zero attached hydrogens (tertiary/aromatic N) is 2. The van der Waals surface area contributed by atoms with Gasteiger partial charge in [0, 0.05) is 5.56 Å². The van der Waals surface area contributed by atoms with Gasteiger partial charge in [-0.1, -0.05) is 0 Å². The summed E-state index contributed by atoms with van der Waals surface area (Å²) in [5.41, 5.74) is 14.4. The van der Waals surface area contributed by atoms with Gasteiger partial charge in [0.25, 0.3) is 0 Å². The van der Waals surface area contributed by atoms with Crippen LogP contribution in [0.15, 0.2) is 22.3 Å². The van der Waals surface area contributed by atoms with Crippen molar-refractivity contribution in [1.82, 2.24) is 10.9 Å². The Bertz CT molecular complexity index is 599. The number of methoxy groups -OCH3 is 1. The summed E-state index contributed by atoms with van der Waals surface area (Å²) in [6, 6.07) is 1.29. The zero-order valence-electron chi connectivity index (χ0n) is 11.0. The largest absolute Gasteiger partial charge is 0.504 e. The summed E-state index contributed by atoms with van der Waals surface area (Å²) in [7, 11) is 1.36. The number of phenols is 1. The number of rotatable bonds is 5. The van der Waals surface area contributed by atoms with E-state index in [1.165, 1.54) is 31.7 Å². The summed E-state index contributed by atoms with van der Waals surface area (Å²) in [6.07, 6.45) is 2.45. The van der Waals surface area contributed by atoms with Gasteiger partial charge in [0.2, 0.25) is 0 Å². The third kappa shape index (κ3) is 5.06. The lowest BCUT2D eigenvalue weighted by molar-refractivity contribution is 0.248. The number of primary amides is 2. The molecule has 21 heavy (non-hydrogen) atoms. The molecule has 0 heterocycles. The first-order valence-electron chi connectivity index (χ1n) is 5.52. The number of hydrazone groups is 2. The molecule has 1 aromatic rings. The highest BCUT2D eigenvalue weighted by atomic mass is 16.5. The summed E-state index contributed by atoms with van der Waals surface area (Å²) >= 11 is 0. The molecule has 0 aromatic heterocycles. The lowest BCUT2D eigenvalue weighted by Crippen LogP contribution is -2.24. The molecule has 0 saturated carbocycles. The standard InChI is InChI=1S/C11H14N6O4/c1-21-8-3-6(4-14-16-10(12)19)2-7(9(8)18)5-15-17-11(13)20/h2-5,18H,1H3,(H3,12,16,19)(H3,13,17,20)/b14-4?,15-5+. The lowest BCUT2D eigenvalue weighted by Gasteiger charge is -2.07. The summed E-state index contributed by atoms with van der Waals surface area (Å²) in [6.45, 7) is 0. The van der Waals surface area contributed by atoms with E-state index in [9.17, 15) is 14.7 Å². The number of nitrogens with two attached hydrogens (primary N) is 2. The number of hydrogen-bond donors (Lipinski definition) is 5. The van der Waals surface area contributed by atoms with Crippen LogP contribution < -0.4 is 27.1 Å². The number of aromatic hydroxyl groups is 1. The van der Waals surface area contributed by atoms with Gasteiger partial charge < -0.3 is 21.3 Å². The molecular weight excluding hydrogens is 280 g/mol. The number of urea groups is 2. The van der Waals surface area contributed by atoms with Crippen LogP contribution >= 0.6 is 0 Å². The highest BCUT2D eigenvalue weighted by molar-refractivity contribution is 5.91. The SMILES string of the molecule is COc1cc(C=NNC(N)=O)cc(/C=N/NC(N)=O)c1O. The van der Waals surface area contributed by atoms with Crippen LogP contribution in [0.4, 0.5) is 9.59 Å². The Morgan fingerprint density at radius 1 is 1.19 bits per heavy atom. The van der Waals surface area contributed by atoms with Crippen molar-refractivity contribution in [3.05, 3.63) is 23.3 Å². The van der Waals surface area contributed by atoms with Crippen molar-refractivity contribution in [2.45, 2.75) is 0 Å². The molecule has 0 unspecified atom stereocenters. The van der Waals surface area contributed by atoms with Gasteiger partial charge in [-0.15, -0.1) is 0 Å². The average molecular weight is 294 g/mol. The number of nitrogens with one attached hydrogen (secondary N) is 2. The molecule has 1 rings (SSSR count). The van der Waals surface area contributed by atoms with Gasteiger partial charge in [-0.25, -0.2) is 20.4 Å². The highest BCUT2D eigenvalue weighted by Gasteiger charge is 2.08. The summed E-state index contributed by atoms with van der Waals surface area (Å²) in [5, 5.41) is 17.0. The molecule has 10 nitrogen and oxygen atoms in total. The van der Waals surface area contributed by atoms with Crippen LogP contribution in [0.1, 0.15) is 11.1 Å². The van der Waals surface area contributed by atoms with Crippen LogP contribution in [0, 0.1) is 0 Å². The Hall–Kier alpha value is -3.30. The van der Waals surface area contributed by atoms with Gasteiger partial charge >= 0.3 is 12.1 Å². The first-order valence-corrected chi connectivity index (χ1v) is 5.52. The van der Waals surface area contributed by atoms with Crippen molar-refractivity contribution in [2.24, 2.45) is 21.7 Å². The van der Waals surface area contributed by atoms with Crippen LogP contribution in [-0.4, -0.2) is 36.7 Å². The lowest BCUT2D eigenvalue weighted by atomic mass is 10.1. The topological polar surface area (TPSA) is 164 Å². The van der Waals surface area contributed by atoms with Crippen molar-refractivity contribution >= 4 is 24.5 Å². The Balaban J connectivity index is 3.06. The molecule has 4 amide bonds. The van der Waals surface area contributed by atoms with E-state index in [4.69, 9.17) is 16.2 Å². The zero-order valence-corrected chi connectivity index (χ0v) is 11.0. The van der Waals surface area contributed by atoms with Crippen molar-refractivity contribution in [3.63, 3.8) is 0 Å². The third-order valence-electron chi connectivity index (χ3n) is 2.11. The van der Waals surface area contributed by atoms with E-state index in [0.29, 0.717) is 5.56 Å². The summed E-state index contributed by atoms with van der Waals surface area (Å²) in [4.78, 5) is 21.0. The molecule has 0 spiro atoms. The van der Waals surface area contributed by atoms with Gasteiger partial charge in [-0.3, -0.25) is 0 Å². The molecule has 0 aliphatic heterocycles. The molecule has 112 valence electrons. The predicted molar refractivity (Wildman–Crippen MR) is 75.3 cm³/mol. The van der Waals surface area contributed by atoms with Crippen molar-refractivity contribution in [1.29, 1.82) is 0 Å². The average Bonchev–Trinajstić information content (AvgIpc) is 2.40. The van der Waals surface area contributed by atoms with E-state index >= 15 is 0 Å². The molecule has 0 atom stereocenters. The van der Waals surface area contributed by atoms with E-state index in [1.54, 1.807) is 0 Å². The van der Waals surface area contributed by atoms with E-state index in [-0.39, 0.29) is 17.1 Å². The fourth-order valence-corrected chi connectivity index (χ4v) is 1.32. The Kier molecular flexibility index (Phi) is 5.50. The molecule has 0 radical (unpaired) electrons. The van der Waals surface area contributed by atoms with Gasteiger partial charge in [-0.2, -0.15) is 10.2 Å². The Morgan fingerprint density at radius 3 is 2.29 bits per heavy atom. The van der Waals surface area contributed by atoms with Crippen LogP contribution in [-0.2, 0) is 0 Å². The van der Waals surface area contributed by atoms with Crippen molar-refractivity contribution in [3.8, 4) is 11.5 Å². The second kappa shape index (κ2) is 7.33. The maximum absolute atomic E-state index is 10.5. The maximum atomic E-state index is 10.5. The molecule has 0 saturated heterocycles. The van der Waals surface area contributed by atoms with E-state index in [2.05, 4.69) is 10.2 Å². The highest BCUT2D eigenvalue weighted by Crippen LogP contribution is 2.29. The Labute approximate surface area is 119 Å². The number of phenolic OH excluding ortho intramolecular Hbond substituents is 1. The van der Waals surface area contributed by atoms with Crippen LogP contribution in [0.3, 0.4) is 0 Å². The van der Waals surface area contributed by atoms with Gasteiger partial charge in [0.15, 0.2) is 11.5 Å². The Morgan fingerprint density at radius 2 is 1.76 bits per heavy atom. The molecule has 10 heteroatoms. The molecular formula is C11H14N6O4. The van der Waals surface area contributed by atoms with E-state index in [0.717, 1.165) is 0 Å². The monoisotopic (exact) mass is 294 g/mol. The molecule has 0 fully saturated rings. The van der Waals surface area contributed by atoms with E-state index < -0.39 is 12.1 Å². The minimum absolute atomic E-state index is 0.151. The number of amides is 4. The second-order valence-corrected chi connectivity index (χ2v) is 3.63. The van der Waals surface area contributed by atoms with Crippen LogP contribution in [0.2, 0.25) is 0 Å². The zero-order chi connectivity index (χ0) is 15.8. The smallest absolute Gasteiger partial charge is 0.332 e. The molecule has 0 aliphatic rings. The molecule has 1 aromatic carbocycles. The third-order valence-corrected chi connectivity index (χ3v) is 2.11. The predicted octanol–water partition coefficient (Wildman–Crippen LogP) is -0.595. The first kappa shape index (κ1) is 15.8. The van der Waals surface area contributed by atoms with E-state index in [1.807, 2.05) is 10.9 Å². The van der Waals surface area contributed by atoms with Crippen molar-refractivity contribution in [2.75, 3.05) is 7.11 Å². The van der Waals surface area contributed by atoms with Gasteiger partial charge in [-0.05, 0) is 17.7 Å². The van der Waals surface area contributed by atoms with Crippen LogP contribution in [0.5, 0.6) is 11.5 Å². The fourth-order valence-electron chi connectivity index (χ4n) is 1.32.